The van der Waals surface area contributed by atoms with Crippen LogP contribution in [0.3, 0.4) is 0 Å². The van der Waals surface area contributed by atoms with Crippen molar-refractivity contribution >= 4 is 17.4 Å². The molecular weight excluding hydrogens is 388 g/mol. The molecule has 0 unspecified atom stereocenters. The number of methoxy groups -OCH3 is 1. The van der Waals surface area contributed by atoms with Crippen molar-refractivity contribution in [3.63, 3.8) is 0 Å². The van der Waals surface area contributed by atoms with Crippen LogP contribution in [0.4, 0.5) is 0 Å². The molecule has 0 aliphatic carbocycles. The molecule has 7 heteroatoms. The Morgan fingerprint density at radius 1 is 1.14 bits per heavy atom. The topological polar surface area (TPSA) is 68.6 Å². The van der Waals surface area contributed by atoms with Gasteiger partial charge in [0.15, 0.2) is 5.84 Å². The van der Waals surface area contributed by atoms with Gasteiger partial charge in [0.25, 0.3) is 0 Å². The van der Waals surface area contributed by atoms with Gasteiger partial charge < -0.3 is 14.9 Å². The van der Waals surface area contributed by atoms with Gasteiger partial charge in [0.2, 0.25) is 5.88 Å². The zero-order valence-corrected chi connectivity index (χ0v) is 17.1. The number of halogens is 1. The molecule has 1 N–H and O–H groups in total. The first kappa shape index (κ1) is 19.2. The number of hydrogen-bond donors (Lipinski definition) is 1. The average Bonchev–Trinajstić information content (AvgIpc) is 2.73. The van der Waals surface area contributed by atoms with Gasteiger partial charge in [0.1, 0.15) is 11.8 Å². The highest BCUT2D eigenvalue weighted by Crippen LogP contribution is 2.30. The number of benzene rings is 1. The number of rotatable bonds is 4. The highest BCUT2D eigenvalue weighted by atomic mass is 35.5. The van der Waals surface area contributed by atoms with Crippen LogP contribution >= 0.6 is 11.6 Å². The quantitative estimate of drug-likeness (QED) is 0.687. The Hall–Kier alpha value is -3.12. The van der Waals surface area contributed by atoms with Gasteiger partial charge in [-0.1, -0.05) is 28.9 Å². The SMILES string of the molecule is COc1nc(C2=NO[C@@H](C)[C@@H](c3cccc(Cl)c3)N2)ccc1-c1ccnc(C)c1. The summed E-state index contributed by atoms with van der Waals surface area (Å²) in [6.07, 6.45) is 1.62. The molecular formula is C22H21ClN4O2. The molecule has 0 spiro atoms. The van der Waals surface area contributed by atoms with Crippen molar-refractivity contribution in [3.8, 4) is 17.0 Å². The molecule has 29 heavy (non-hydrogen) atoms. The summed E-state index contributed by atoms with van der Waals surface area (Å²) in [5.41, 5.74) is 4.47. The van der Waals surface area contributed by atoms with E-state index in [0.29, 0.717) is 22.4 Å². The standard InChI is InChI=1S/C22H21ClN4O2/c1-13-11-15(9-10-24-13)18-7-8-19(25-22(18)28-3)21-26-20(14(2)29-27-21)16-5-4-6-17(23)12-16/h4-12,14,20H,1-3H3,(H,26,27)/t14-,20-/m0/s1. The van der Waals surface area contributed by atoms with E-state index >= 15 is 0 Å². The Labute approximate surface area is 174 Å². The maximum atomic E-state index is 6.16. The highest BCUT2D eigenvalue weighted by Gasteiger charge is 2.28. The van der Waals surface area contributed by atoms with E-state index in [9.17, 15) is 0 Å². The number of hydrogen-bond acceptors (Lipinski definition) is 6. The van der Waals surface area contributed by atoms with Crippen molar-refractivity contribution in [3.05, 3.63) is 76.7 Å². The summed E-state index contributed by atoms with van der Waals surface area (Å²) >= 11 is 6.16. The monoisotopic (exact) mass is 408 g/mol. The summed E-state index contributed by atoms with van der Waals surface area (Å²) in [4.78, 5) is 14.5. The molecule has 148 valence electrons. The number of ether oxygens (including phenoxy) is 1. The second-order valence-electron chi connectivity index (χ2n) is 6.87. The average molecular weight is 409 g/mol. The van der Waals surface area contributed by atoms with E-state index in [1.54, 1.807) is 13.3 Å². The largest absolute Gasteiger partial charge is 0.481 e. The Bertz CT molecular complexity index is 1070. The summed E-state index contributed by atoms with van der Waals surface area (Å²) in [6.45, 7) is 3.91. The van der Waals surface area contributed by atoms with Crippen molar-refractivity contribution < 1.29 is 9.57 Å². The molecule has 0 amide bonds. The molecule has 2 aromatic heterocycles. The maximum Gasteiger partial charge on any atom is 0.221 e. The third kappa shape index (κ3) is 4.03. The smallest absolute Gasteiger partial charge is 0.221 e. The summed E-state index contributed by atoms with van der Waals surface area (Å²) in [6, 6.07) is 15.4. The molecule has 0 saturated heterocycles. The van der Waals surface area contributed by atoms with Crippen LogP contribution in [0.5, 0.6) is 5.88 Å². The predicted molar refractivity (Wildman–Crippen MR) is 113 cm³/mol. The van der Waals surface area contributed by atoms with E-state index in [1.807, 2.05) is 62.4 Å². The Morgan fingerprint density at radius 3 is 2.76 bits per heavy atom. The molecule has 1 aliphatic rings. The second-order valence-corrected chi connectivity index (χ2v) is 7.30. The fraction of sp³-hybridized carbons (Fsp3) is 0.227. The van der Waals surface area contributed by atoms with Crippen molar-refractivity contribution in [2.45, 2.75) is 26.0 Å². The molecule has 2 atom stereocenters. The van der Waals surface area contributed by atoms with Crippen LogP contribution in [0.15, 0.2) is 59.9 Å². The first-order chi connectivity index (χ1) is 14.0. The predicted octanol–water partition coefficient (Wildman–Crippen LogP) is 4.53. The number of amidine groups is 1. The first-order valence-corrected chi connectivity index (χ1v) is 9.67. The van der Waals surface area contributed by atoms with Gasteiger partial charge in [-0.25, -0.2) is 4.98 Å². The van der Waals surface area contributed by atoms with E-state index in [-0.39, 0.29) is 12.1 Å². The van der Waals surface area contributed by atoms with E-state index in [2.05, 4.69) is 20.4 Å². The van der Waals surface area contributed by atoms with Crippen molar-refractivity contribution in [1.82, 2.24) is 15.3 Å². The van der Waals surface area contributed by atoms with Gasteiger partial charge in [-0.2, -0.15) is 0 Å². The molecule has 1 aromatic carbocycles. The maximum absolute atomic E-state index is 6.16. The number of nitrogens with one attached hydrogen (secondary N) is 1. The number of oxime groups is 1. The molecule has 4 rings (SSSR count). The minimum atomic E-state index is -0.154. The van der Waals surface area contributed by atoms with E-state index in [0.717, 1.165) is 22.4 Å². The number of aromatic nitrogens is 2. The van der Waals surface area contributed by atoms with Crippen molar-refractivity contribution in [1.29, 1.82) is 0 Å². The zero-order valence-electron chi connectivity index (χ0n) is 16.4. The van der Waals surface area contributed by atoms with Crippen LogP contribution in [0.1, 0.15) is 29.9 Å². The van der Waals surface area contributed by atoms with E-state index in [4.69, 9.17) is 21.2 Å². The zero-order chi connectivity index (χ0) is 20.4. The Balaban J connectivity index is 1.66. The molecule has 0 bridgehead atoms. The van der Waals surface area contributed by atoms with Crippen LogP contribution in [0, 0.1) is 6.92 Å². The molecule has 3 aromatic rings. The normalized spacial score (nSPS) is 18.4. The van der Waals surface area contributed by atoms with E-state index < -0.39 is 0 Å². The number of aryl methyl sites for hydroxylation is 1. The number of nitrogens with zero attached hydrogens (tertiary/aromatic N) is 3. The third-order valence-electron chi connectivity index (χ3n) is 4.78. The number of pyridine rings is 2. The highest BCUT2D eigenvalue weighted by molar-refractivity contribution is 6.30. The van der Waals surface area contributed by atoms with Crippen LogP contribution < -0.4 is 10.1 Å². The summed E-state index contributed by atoms with van der Waals surface area (Å²) < 4.78 is 5.55. The van der Waals surface area contributed by atoms with Gasteiger partial charge in [-0.15, -0.1) is 0 Å². The lowest BCUT2D eigenvalue weighted by Crippen LogP contribution is -2.40. The molecule has 0 radical (unpaired) electrons. The lowest BCUT2D eigenvalue weighted by Gasteiger charge is -2.29. The Morgan fingerprint density at radius 2 is 2.00 bits per heavy atom. The summed E-state index contributed by atoms with van der Waals surface area (Å²) in [5, 5.41) is 8.31. The minimum absolute atomic E-state index is 0.100. The van der Waals surface area contributed by atoms with Crippen LogP contribution in [0.2, 0.25) is 5.02 Å². The molecule has 1 aliphatic heterocycles. The van der Waals surface area contributed by atoms with Crippen LogP contribution in [0.25, 0.3) is 11.1 Å². The fourth-order valence-electron chi connectivity index (χ4n) is 3.32. The first-order valence-electron chi connectivity index (χ1n) is 9.29. The molecule has 0 saturated carbocycles. The molecule has 0 fully saturated rings. The second kappa shape index (κ2) is 8.09. The minimum Gasteiger partial charge on any atom is -0.481 e. The van der Waals surface area contributed by atoms with Crippen LogP contribution in [-0.2, 0) is 4.84 Å². The fourth-order valence-corrected chi connectivity index (χ4v) is 3.52. The van der Waals surface area contributed by atoms with Crippen molar-refractivity contribution in [2.75, 3.05) is 7.11 Å². The lowest BCUT2D eigenvalue weighted by atomic mass is 10.0. The van der Waals surface area contributed by atoms with Gasteiger partial charge >= 0.3 is 0 Å². The Kier molecular flexibility index (Phi) is 5.36. The van der Waals surface area contributed by atoms with Crippen LogP contribution in [-0.4, -0.2) is 29.0 Å². The lowest BCUT2D eigenvalue weighted by molar-refractivity contribution is 0.0342. The van der Waals surface area contributed by atoms with Gasteiger partial charge in [0, 0.05) is 22.5 Å². The van der Waals surface area contributed by atoms with E-state index in [1.165, 1.54) is 0 Å². The van der Waals surface area contributed by atoms with Crippen molar-refractivity contribution in [2.24, 2.45) is 5.16 Å². The van der Waals surface area contributed by atoms with Gasteiger partial charge in [0.05, 0.1) is 13.2 Å². The van der Waals surface area contributed by atoms with Gasteiger partial charge in [-0.05, 0) is 61.4 Å². The third-order valence-corrected chi connectivity index (χ3v) is 5.02. The molecule has 3 heterocycles. The summed E-state index contributed by atoms with van der Waals surface area (Å²) in [5.74, 6) is 1.05. The van der Waals surface area contributed by atoms with Gasteiger partial charge in [-0.3, -0.25) is 4.98 Å². The summed E-state index contributed by atoms with van der Waals surface area (Å²) in [7, 11) is 1.60. The molecule has 6 nitrogen and oxygen atoms in total.